The van der Waals surface area contributed by atoms with Gasteiger partial charge >= 0.3 is 6.01 Å². The second-order valence-corrected chi connectivity index (χ2v) is 5.72. The second-order valence-electron chi connectivity index (χ2n) is 4.80. The standard InChI is InChI=1S/C17H14BrN3O2/c18-14-5-1-4-13(9-14)11-22-15-6-2-3-12(10-15)7-8-16-20-21-17(19)23-16/h1-10H,11H2,(H2,19,21)/b8-7+. The number of hydrogen-bond donors (Lipinski definition) is 1. The van der Waals surface area contributed by atoms with E-state index in [1.165, 1.54) is 0 Å². The van der Waals surface area contributed by atoms with Gasteiger partial charge < -0.3 is 14.9 Å². The first-order chi connectivity index (χ1) is 11.2. The van der Waals surface area contributed by atoms with Crippen molar-refractivity contribution in [3.63, 3.8) is 0 Å². The summed E-state index contributed by atoms with van der Waals surface area (Å²) in [6.07, 6.45) is 3.57. The highest BCUT2D eigenvalue weighted by atomic mass is 79.9. The third kappa shape index (κ3) is 4.43. The summed E-state index contributed by atoms with van der Waals surface area (Å²) in [5.41, 5.74) is 7.44. The zero-order valence-electron chi connectivity index (χ0n) is 12.1. The van der Waals surface area contributed by atoms with E-state index in [1.54, 1.807) is 6.08 Å². The second kappa shape index (κ2) is 7.11. The monoisotopic (exact) mass is 371 g/mol. The molecule has 1 aromatic heterocycles. The van der Waals surface area contributed by atoms with Gasteiger partial charge in [0.25, 0.3) is 0 Å². The zero-order chi connectivity index (χ0) is 16.1. The fourth-order valence-corrected chi connectivity index (χ4v) is 2.43. The maximum atomic E-state index is 5.82. The molecule has 0 amide bonds. The minimum absolute atomic E-state index is 0.0516. The Bertz CT molecular complexity index is 830. The van der Waals surface area contributed by atoms with E-state index in [4.69, 9.17) is 14.9 Å². The van der Waals surface area contributed by atoms with Gasteiger partial charge in [0.1, 0.15) is 12.4 Å². The Morgan fingerprint density at radius 1 is 1.09 bits per heavy atom. The van der Waals surface area contributed by atoms with Crippen molar-refractivity contribution in [3.05, 3.63) is 70.0 Å². The van der Waals surface area contributed by atoms with Crippen molar-refractivity contribution in [2.75, 3.05) is 5.73 Å². The van der Waals surface area contributed by atoms with Gasteiger partial charge in [0.15, 0.2) is 0 Å². The molecule has 5 nitrogen and oxygen atoms in total. The maximum Gasteiger partial charge on any atom is 0.313 e. The van der Waals surface area contributed by atoms with Crippen LogP contribution in [-0.4, -0.2) is 10.2 Å². The number of nitrogens with two attached hydrogens (primary N) is 1. The summed E-state index contributed by atoms with van der Waals surface area (Å²) in [6.45, 7) is 0.507. The van der Waals surface area contributed by atoms with Crippen LogP contribution in [0.5, 0.6) is 5.75 Å². The lowest BCUT2D eigenvalue weighted by Gasteiger charge is -2.07. The summed E-state index contributed by atoms with van der Waals surface area (Å²) >= 11 is 3.45. The summed E-state index contributed by atoms with van der Waals surface area (Å²) < 4.78 is 11.9. The Hall–Kier alpha value is -2.60. The number of anilines is 1. The summed E-state index contributed by atoms with van der Waals surface area (Å²) in [6, 6.07) is 15.8. The lowest BCUT2D eigenvalue weighted by molar-refractivity contribution is 0.306. The molecule has 1 heterocycles. The van der Waals surface area contributed by atoms with E-state index < -0.39 is 0 Å². The van der Waals surface area contributed by atoms with Gasteiger partial charge in [0, 0.05) is 10.5 Å². The van der Waals surface area contributed by atoms with Crippen molar-refractivity contribution >= 4 is 34.1 Å². The first kappa shape index (κ1) is 15.3. The number of nitrogens with zero attached hydrogens (tertiary/aromatic N) is 2. The molecule has 116 valence electrons. The van der Waals surface area contributed by atoms with Gasteiger partial charge in [-0.15, -0.1) is 5.10 Å². The quantitative estimate of drug-likeness (QED) is 0.728. The third-order valence-corrected chi connectivity index (χ3v) is 3.52. The van der Waals surface area contributed by atoms with Crippen molar-refractivity contribution in [1.82, 2.24) is 10.2 Å². The minimum Gasteiger partial charge on any atom is -0.489 e. The number of nitrogen functional groups attached to an aromatic ring is 1. The molecule has 0 aliphatic heterocycles. The van der Waals surface area contributed by atoms with Crippen molar-refractivity contribution in [1.29, 1.82) is 0 Å². The van der Waals surface area contributed by atoms with Gasteiger partial charge in [-0.3, -0.25) is 0 Å². The number of hydrogen-bond acceptors (Lipinski definition) is 5. The summed E-state index contributed by atoms with van der Waals surface area (Å²) in [4.78, 5) is 0. The predicted molar refractivity (Wildman–Crippen MR) is 92.6 cm³/mol. The lowest BCUT2D eigenvalue weighted by atomic mass is 10.2. The number of halogens is 1. The number of rotatable bonds is 5. The summed E-state index contributed by atoms with van der Waals surface area (Å²) in [5, 5.41) is 7.37. The molecule has 6 heteroatoms. The zero-order valence-corrected chi connectivity index (χ0v) is 13.7. The van der Waals surface area contributed by atoms with E-state index in [0.29, 0.717) is 12.5 Å². The Balaban J connectivity index is 1.66. The van der Waals surface area contributed by atoms with Gasteiger partial charge in [0.05, 0.1) is 0 Å². The van der Waals surface area contributed by atoms with Crippen LogP contribution in [0.4, 0.5) is 6.01 Å². The SMILES string of the molecule is Nc1nnc(/C=C/c2cccc(OCc3cccc(Br)c3)c2)o1. The number of benzene rings is 2. The van der Waals surface area contributed by atoms with Crippen LogP contribution >= 0.6 is 15.9 Å². The molecule has 0 atom stereocenters. The summed E-state index contributed by atoms with van der Waals surface area (Å²) in [5.74, 6) is 1.15. The van der Waals surface area contributed by atoms with Crippen LogP contribution in [-0.2, 0) is 6.61 Å². The molecule has 3 rings (SSSR count). The van der Waals surface area contributed by atoms with Gasteiger partial charge in [-0.05, 0) is 41.5 Å². The van der Waals surface area contributed by atoms with E-state index in [-0.39, 0.29) is 6.01 Å². The van der Waals surface area contributed by atoms with Crippen LogP contribution in [0.25, 0.3) is 12.2 Å². The Morgan fingerprint density at radius 2 is 1.96 bits per heavy atom. The molecule has 0 fully saturated rings. The molecule has 0 saturated carbocycles. The molecule has 0 radical (unpaired) electrons. The Labute approximate surface area is 141 Å². The first-order valence-electron chi connectivity index (χ1n) is 6.93. The van der Waals surface area contributed by atoms with Crippen LogP contribution in [0.2, 0.25) is 0 Å². The predicted octanol–water partition coefficient (Wildman–Crippen LogP) is 4.16. The van der Waals surface area contributed by atoms with E-state index in [9.17, 15) is 0 Å². The van der Waals surface area contributed by atoms with E-state index in [0.717, 1.165) is 21.3 Å². The molecule has 0 unspecified atom stereocenters. The molecule has 0 saturated heterocycles. The van der Waals surface area contributed by atoms with Crippen LogP contribution in [0.3, 0.4) is 0 Å². The van der Waals surface area contributed by atoms with Crippen LogP contribution in [0, 0.1) is 0 Å². The first-order valence-corrected chi connectivity index (χ1v) is 7.73. The van der Waals surface area contributed by atoms with Crippen molar-refractivity contribution in [2.45, 2.75) is 6.61 Å². The van der Waals surface area contributed by atoms with Crippen LogP contribution in [0.15, 0.2) is 57.4 Å². The molecule has 0 spiro atoms. The van der Waals surface area contributed by atoms with Crippen LogP contribution in [0.1, 0.15) is 17.0 Å². The normalized spacial score (nSPS) is 11.0. The molecule has 3 aromatic rings. The molecule has 2 aromatic carbocycles. The largest absolute Gasteiger partial charge is 0.489 e. The highest BCUT2D eigenvalue weighted by molar-refractivity contribution is 9.10. The van der Waals surface area contributed by atoms with Gasteiger partial charge in [-0.1, -0.05) is 45.3 Å². The Kier molecular flexibility index (Phi) is 4.73. The van der Waals surface area contributed by atoms with Crippen molar-refractivity contribution in [3.8, 4) is 5.75 Å². The number of ether oxygens (including phenoxy) is 1. The minimum atomic E-state index is 0.0516. The van der Waals surface area contributed by atoms with Crippen molar-refractivity contribution < 1.29 is 9.15 Å². The smallest absolute Gasteiger partial charge is 0.313 e. The van der Waals surface area contributed by atoms with Crippen molar-refractivity contribution in [2.24, 2.45) is 0 Å². The van der Waals surface area contributed by atoms with E-state index in [2.05, 4.69) is 26.1 Å². The maximum absolute atomic E-state index is 5.82. The molecule has 2 N–H and O–H groups in total. The summed E-state index contributed by atoms with van der Waals surface area (Å²) in [7, 11) is 0. The topological polar surface area (TPSA) is 74.2 Å². The van der Waals surface area contributed by atoms with Crippen LogP contribution < -0.4 is 10.5 Å². The molecule has 0 aliphatic carbocycles. The molecule has 23 heavy (non-hydrogen) atoms. The van der Waals surface area contributed by atoms with Gasteiger partial charge in [-0.2, -0.15) is 0 Å². The lowest BCUT2D eigenvalue weighted by Crippen LogP contribution is -1.95. The average Bonchev–Trinajstić information content (AvgIpc) is 2.97. The highest BCUT2D eigenvalue weighted by Gasteiger charge is 2.00. The molecular formula is C17H14BrN3O2. The fourth-order valence-electron chi connectivity index (χ4n) is 1.98. The molecular weight excluding hydrogens is 358 g/mol. The van der Waals surface area contributed by atoms with Gasteiger partial charge in [-0.25, -0.2) is 0 Å². The Morgan fingerprint density at radius 3 is 2.74 bits per heavy atom. The molecule has 0 aliphatic rings. The molecule has 0 bridgehead atoms. The highest BCUT2D eigenvalue weighted by Crippen LogP contribution is 2.18. The van der Waals surface area contributed by atoms with Gasteiger partial charge in [0.2, 0.25) is 5.89 Å². The number of aromatic nitrogens is 2. The fraction of sp³-hybridized carbons (Fsp3) is 0.0588. The average molecular weight is 372 g/mol. The third-order valence-electron chi connectivity index (χ3n) is 3.03. The van der Waals surface area contributed by atoms with E-state index >= 15 is 0 Å². The van der Waals surface area contributed by atoms with E-state index in [1.807, 2.05) is 54.6 Å².